The summed E-state index contributed by atoms with van der Waals surface area (Å²) in [7, 11) is 0. The molecule has 2 N–H and O–H groups in total. The Bertz CT molecular complexity index is 359. The highest BCUT2D eigenvalue weighted by Crippen LogP contribution is 2.19. The number of carbonyl (C=O) groups excluding carboxylic acids is 1. The molecule has 82 valence electrons. The van der Waals surface area contributed by atoms with E-state index in [9.17, 15) is 4.79 Å². The van der Waals surface area contributed by atoms with Crippen LogP contribution in [-0.4, -0.2) is 23.9 Å². The van der Waals surface area contributed by atoms with Crippen LogP contribution in [0.3, 0.4) is 0 Å². The largest absolute Gasteiger partial charge is 0.464 e. The second-order valence-electron chi connectivity index (χ2n) is 4.09. The molecule has 0 aromatic carbocycles. The van der Waals surface area contributed by atoms with Gasteiger partial charge in [-0.05, 0) is 31.5 Å². The highest BCUT2D eigenvalue weighted by Gasteiger charge is 2.28. The van der Waals surface area contributed by atoms with Gasteiger partial charge in [-0.3, -0.25) is 4.79 Å². The average molecular weight is 208 g/mol. The molecule has 1 amide bonds. The molecule has 4 heteroatoms. The minimum Gasteiger partial charge on any atom is -0.464 e. The molecule has 1 aliphatic heterocycles. The van der Waals surface area contributed by atoms with Gasteiger partial charge in [-0.25, -0.2) is 0 Å². The van der Waals surface area contributed by atoms with Crippen LogP contribution in [0, 0.1) is 12.8 Å². The van der Waals surface area contributed by atoms with Crippen molar-refractivity contribution in [3.8, 4) is 0 Å². The number of nitrogens with two attached hydrogens (primary N) is 1. The summed E-state index contributed by atoms with van der Waals surface area (Å²) in [5.41, 5.74) is 5.55. The molecule has 2 heterocycles. The topological polar surface area (TPSA) is 59.5 Å². The molecule has 0 bridgehead atoms. The van der Waals surface area contributed by atoms with Gasteiger partial charge < -0.3 is 15.1 Å². The molecule has 15 heavy (non-hydrogen) atoms. The molecule has 0 aliphatic carbocycles. The average Bonchev–Trinajstić information content (AvgIpc) is 2.75. The van der Waals surface area contributed by atoms with E-state index in [0.29, 0.717) is 25.4 Å². The Morgan fingerprint density at radius 2 is 2.40 bits per heavy atom. The second-order valence-corrected chi connectivity index (χ2v) is 4.09. The Hall–Kier alpha value is -1.29. The molecule has 1 fully saturated rings. The first kappa shape index (κ1) is 10.2. The van der Waals surface area contributed by atoms with Crippen molar-refractivity contribution in [1.29, 1.82) is 0 Å². The van der Waals surface area contributed by atoms with E-state index in [1.165, 1.54) is 0 Å². The SMILES string of the molecule is Cc1ccc(CN2CC(CN)CC2=O)o1. The quantitative estimate of drug-likeness (QED) is 0.802. The maximum absolute atomic E-state index is 11.6. The number of furan rings is 1. The highest BCUT2D eigenvalue weighted by atomic mass is 16.3. The summed E-state index contributed by atoms with van der Waals surface area (Å²) in [6.45, 7) is 3.82. The maximum Gasteiger partial charge on any atom is 0.223 e. The molecule has 2 rings (SSSR count). The van der Waals surface area contributed by atoms with Crippen LogP contribution in [0.25, 0.3) is 0 Å². The van der Waals surface area contributed by atoms with Crippen molar-refractivity contribution in [3.05, 3.63) is 23.7 Å². The van der Waals surface area contributed by atoms with E-state index in [-0.39, 0.29) is 5.91 Å². The molecule has 1 aromatic heterocycles. The Morgan fingerprint density at radius 3 is 2.93 bits per heavy atom. The number of carbonyl (C=O) groups is 1. The van der Waals surface area contributed by atoms with E-state index < -0.39 is 0 Å². The minimum atomic E-state index is 0.180. The van der Waals surface area contributed by atoms with Crippen molar-refractivity contribution in [2.24, 2.45) is 11.7 Å². The summed E-state index contributed by atoms with van der Waals surface area (Å²) in [6, 6.07) is 3.83. The van der Waals surface area contributed by atoms with Crippen LogP contribution in [0.5, 0.6) is 0 Å². The number of nitrogens with zero attached hydrogens (tertiary/aromatic N) is 1. The fourth-order valence-corrected chi connectivity index (χ4v) is 1.92. The second kappa shape index (κ2) is 4.06. The van der Waals surface area contributed by atoms with E-state index in [4.69, 9.17) is 10.2 Å². The van der Waals surface area contributed by atoms with Gasteiger partial charge in [0.15, 0.2) is 0 Å². The van der Waals surface area contributed by atoms with Gasteiger partial charge in [0.1, 0.15) is 11.5 Å². The molecule has 1 saturated heterocycles. The highest BCUT2D eigenvalue weighted by molar-refractivity contribution is 5.78. The lowest BCUT2D eigenvalue weighted by Gasteiger charge is -2.14. The summed E-state index contributed by atoms with van der Waals surface area (Å²) in [4.78, 5) is 13.4. The summed E-state index contributed by atoms with van der Waals surface area (Å²) < 4.78 is 5.44. The minimum absolute atomic E-state index is 0.180. The fourth-order valence-electron chi connectivity index (χ4n) is 1.92. The van der Waals surface area contributed by atoms with Crippen molar-refractivity contribution in [1.82, 2.24) is 4.90 Å². The Morgan fingerprint density at radius 1 is 1.60 bits per heavy atom. The van der Waals surface area contributed by atoms with E-state index >= 15 is 0 Å². The van der Waals surface area contributed by atoms with Crippen LogP contribution >= 0.6 is 0 Å². The number of hydrogen-bond donors (Lipinski definition) is 1. The van der Waals surface area contributed by atoms with E-state index in [2.05, 4.69) is 0 Å². The van der Waals surface area contributed by atoms with Crippen molar-refractivity contribution >= 4 is 5.91 Å². The van der Waals surface area contributed by atoms with Gasteiger partial charge >= 0.3 is 0 Å². The fraction of sp³-hybridized carbons (Fsp3) is 0.545. The van der Waals surface area contributed by atoms with Crippen LogP contribution < -0.4 is 5.73 Å². The summed E-state index contributed by atoms with van der Waals surface area (Å²) >= 11 is 0. The summed E-state index contributed by atoms with van der Waals surface area (Å²) in [5.74, 6) is 2.22. The zero-order valence-corrected chi connectivity index (χ0v) is 8.90. The van der Waals surface area contributed by atoms with Gasteiger partial charge in [0.2, 0.25) is 5.91 Å². The predicted molar refractivity (Wildman–Crippen MR) is 56.0 cm³/mol. The van der Waals surface area contributed by atoms with Crippen LogP contribution in [0.2, 0.25) is 0 Å². The van der Waals surface area contributed by atoms with Crippen molar-refractivity contribution in [3.63, 3.8) is 0 Å². The van der Waals surface area contributed by atoms with Crippen LogP contribution in [0.15, 0.2) is 16.5 Å². The van der Waals surface area contributed by atoms with Gasteiger partial charge in [0.05, 0.1) is 6.54 Å². The molecule has 0 radical (unpaired) electrons. The number of amides is 1. The third-order valence-electron chi connectivity index (χ3n) is 2.77. The maximum atomic E-state index is 11.6. The third-order valence-corrected chi connectivity index (χ3v) is 2.77. The first-order chi connectivity index (χ1) is 7.19. The molecule has 1 unspecified atom stereocenters. The Kier molecular flexibility index (Phi) is 2.77. The molecule has 1 aliphatic rings. The van der Waals surface area contributed by atoms with Gasteiger partial charge in [-0.1, -0.05) is 0 Å². The van der Waals surface area contributed by atoms with Crippen LogP contribution in [0.4, 0.5) is 0 Å². The molecular formula is C11H16N2O2. The molecule has 1 aromatic rings. The lowest BCUT2D eigenvalue weighted by atomic mass is 10.1. The standard InChI is InChI=1S/C11H16N2O2/c1-8-2-3-10(15-8)7-13-6-9(5-12)4-11(13)14/h2-3,9H,4-7,12H2,1H3. The Balaban J connectivity index is 1.98. The Labute approximate surface area is 89.0 Å². The molecular weight excluding hydrogens is 192 g/mol. The number of likely N-dealkylation sites (tertiary alicyclic amines) is 1. The molecule has 4 nitrogen and oxygen atoms in total. The number of hydrogen-bond acceptors (Lipinski definition) is 3. The van der Waals surface area contributed by atoms with E-state index in [1.807, 2.05) is 24.0 Å². The van der Waals surface area contributed by atoms with Gasteiger partial charge in [0.25, 0.3) is 0 Å². The molecule has 1 atom stereocenters. The normalized spacial score (nSPS) is 21.3. The molecule has 0 saturated carbocycles. The van der Waals surface area contributed by atoms with Crippen molar-refractivity contribution < 1.29 is 9.21 Å². The van der Waals surface area contributed by atoms with Crippen LogP contribution in [-0.2, 0) is 11.3 Å². The van der Waals surface area contributed by atoms with Crippen molar-refractivity contribution in [2.75, 3.05) is 13.1 Å². The lowest BCUT2D eigenvalue weighted by Crippen LogP contribution is -2.25. The van der Waals surface area contributed by atoms with Gasteiger partial charge in [0, 0.05) is 13.0 Å². The third kappa shape index (κ3) is 2.21. The first-order valence-electron chi connectivity index (χ1n) is 5.22. The van der Waals surface area contributed by atoms with Crippen molar-refractivity contribution in [2.45, 2.75) is 19.9 Å². The lowest BCUT2D eigenvalue weighted by molar-refractivity contribution is -0.128. The monoisotopic (exact) mass is 208 g/mol. The van der Waals surface area contributed by atoms with Crippen LogP contribution in [0.1, 0.15) is 17.9 Å². The first-order valence-corrected chi connectivity index (χ1v) is 5.22. The van der Waals surface area contributed by atoms with Gasteiger partial charge in [-0.15, -0.1) is 0 Å². The van der Waals surface area contributed by atoms with E-state index in [0.717, 1.165) is 18.1 Å². The zero-order chi connectivity index (χ0) is 10.8. The predicted octanol–water partition coefficient (Wildman–Crippen LogP) is 0.895. The van der Waals surface area contributed by atoms with E-state index in [1.54, 1.807) is 0 Å². The summed E-state index contributed by atoms with van der Waals surface area (Å²) in [6.07, 6.45) is 0.580. The zero-order valence-electron chi connectivity index (χ0n) is 8.90. The smallest absolute Gasteiger partial charge is 0.223 e. The van der Waals surface area contributed by atoms with Gasteiger partial charge in [-0.2, -0.15) is 0 Å². The molecule has 0 spiro atoms. The summed E-state index contributed by atoms with van der Waals surface area (Å²) in [5, 5.41) is 0. The number of aryl methyl sites for hydroxylation is 1. The number of rotatable bonds is 3.